The number of anilines is 1. The number of nitrogens with zero attached hydrogens (tertiary/aromatic N) is 2. The van der Waals surface area contributed by atoms with Crippen LogP contribution in [0, 0.1) is 6.92 Å². The molecule has 0 amide bonds. The third-order valence-corrected chi connectivity index (χ3v) is 12.9. The summed E-state index contributed by atoms with van der Waals surface area (Å²) in [6.07, 6.45) is 12.2. The Balaban J connectivity index is 1.26. The van der Waals surface area contributed by atoms with Gasteiger partial charge in [-0.2, -0.15) is 17.2 Å². The molecule has 0 saturated carbocycles. The van der Waals surface area contributed by atoms with Gasteiger partial charge in [0.15, 0.2) is 5.71 Å². The first-order valence-corrected chi connectivity index (χ1v) is 21.8. The van der Waals surface area contributed by atoms with Gasteiger partial charge in [0, 0.05) is 52.5 Å². The predicted molar refractivity (Wildman–Crippen MR) is 226 cm³/mol. The van der Waals surface area contributed by atoms with Crippen LogP contribution in [0.15, 0.2) is 107 Å². The molecule has 11 heteroatoms. The van der Waals surface area contributed by atoms with Crippen LogP contribution in [-0.2, 0) is 32.3 Å². The first-order valence-electron chi connectivity index (χ1n) is 18.8. The van der Waals surface area contributed by atoms with Gasteiger partial charge in [0.2, 0.25) is 5.69 Å². The highest BCUT2D eigenvalue weighted by molar-refractivity contribution is 7.85. The number of aryl methyl sites for hydroxylation is 1. The summed E-state index contributed by atoms with van der Waals surface area (Å²) < 4.78 is 61.8. The summed E-state index contributed by atoms with van der Waals surface area (Å²) in [6, 6.07) is 20.2. The monoisotopic (exact) mass is 799 g/mol. The van der Waals surface area contributed by atoms with Gasteiger partial charge in [0.1, 0.15) is 12.3 Å². The summed E-state index contributed by atoms with van der Waals surface area (Å²) >= 11 is 4.79. The fraction of sp³-hybridized carbons (Fsp3) is 0.341. The lowest BCUT2D eigenvalue weighted by Gasteiger charge is -2.27. The predicted octanol–water partition coefficient (Wildman–Crippen LogP) is 10.3. The quantitative estimate of drug-likeness (QED) is 0.0934. The van der Waals surface area contributed by atoms with Crippen molar-refractivity contribution in [2.24, 2.45) is 0 Å². The van der Waals surface area contributed by atoms with E-state index >= 15 is 0 Å². The standard InChI is InChI=1S/C44H47ClN2O6S2/c1-7-23-46-36-19-12-31-26-28(2)11-17-34(31)40(36)43(3,4)38(46)21-14-29-9-8-10-30(42(29)45)15-22-39-44(5,6)41-35-18-16-33(53-54(48)49)27-32(35)13-20-37(41)47(39)24-25-55(50,51)52/h11-22,26-27H,7-10,23-25H2,1-6H3,(H-,48,49,50,51,52)/p+1. The molecule has 1 unspecified atom stereocenters. The maximum Gasteiger partial charge on any atom is 0.357 e. The molecule has 4 aromatic rings. The van der Waals surface area contributed by atoms with E-state index in [4.69, 9.17) is 15.8 Å². The zero-order valence-electron chi connectivity index (χ0n) is 32.1. The third kappa shape index (κ3) is 7.35. The molecule has 0 radical (unpaired) electrons. The van der Waals surface area contributed by atoms with Crippen LogP contribution in [-0.4, -0.2) is 50.9 Å². The molecule has 3 aliphatic rings. The molecule has 2 heterocycles. The molecule has 0 aromatic heterocycles. The SMILES string of the molecule is CCC[N+]1=C(/C=C/C2=C(Cl)C(=C/C=C3\N(CCS(=O)(=O)O)c4ccc5cc(OS(=O)O)ccc5c4C3(C)C)/CCC2)C(C)(C)c2c1ccc1cc(C)ccc21. The van der Waals surface area contributed by atoms with Gasteiger partial charge < -0.3 is 9.08 Å². The number of benzene rings is 4. The minimum atomic E-state index is -4.24. The average molecular weight is 800 g/mol. The lowest BCUT2D eigenvalue weighted by atomic mass is 9.78. The maximum atomic E-state index is 12.0. The summed E-state index contributed by atoms with van der Waals surface area (Å²) in [4.78, 5) is 1.96. The van der Waals surface area contributed by atoms with Crippen LogP contribution in [0.25, 0.3) is 21.5 Å². The fourth-order valence-electron chi connectivity index (χ4n) is 8.90. The van der Waals surface area contributed by atoms with Crippen molar-refractivity contribution in [1.29, 1.82) is 0 Å². The number of halogens is 1. The van der Waals surface area contributed by atoms with Gasteiger partial charge in [-0.3, -0.25) is 9.11 Å². The Kier molecular flexibility index (Phi) is 10.5. The number of rotatable bonds is 10. The highest BCUT2D eigenvalue weighted by Crippen LogP contribution is 2.51. The fourth-order valence-corrected chi connectivity index (χ4v) is 9.89. The Morgan fingerprint density at radius 3 is 2.36 bits per heavy atom. The summed E-state index contributed by atoms with van der Waals surface area (Å²) in [5.41, 5.74) is 9.10. The van der Waals surface area contributed by atoms with Crippen LogP contribution in [0.5, 0.6) is 5.75 Å². The van der Waals surface area contributed by atoms with Crippen molar-refractivity contribution >= 4 is 71.7 Å². The Morgan fingerprint density at radius 1 is 0.927 bits per heavy atom. The Morgan fingerprint density at radius 2 is 1.64 bits per heavy atom. The summed E-state index contributed by atoms with van der Waals surface area (Å²) in [6.45, 7) is 14.1. The Hall–Kier alpha value is -4.06. The molecule has 0 saturated heterocycles. The van der Waals surface area contributed by atoms with E-state index in [1.54, 1.807) is 12.1 Å². The van der Waals surface area contributed by atoms with Crippen molar-refractivity contribution in [2.45, 2.75) is 78.1 Å². The van der Waals surface area contributed by atoms with E-state index in [1.165, 1.54) is 33.3 Å². The highest BCUT2D eigenvalue weighted by Gasteiger charge is 2.45. The molecule has 2 aliphatic heterocycles. The van der Waals surface area contributed by atoms with E-state index in [0.717, 1.165) is 76.1 Å². The van der Waals surface area contributed by atoms with Gasteiger partial charge in [0.05, 0.1) is 11.2 Å². The molecule has 2 N–H and O–H groups in total. The molecule has 7 rings (SSSR count). The lowest BCUT2D eigenvalue weighted by Crippen LogP contribution is -2.30. The van der Waals surface area contributed by atoms with Gasteiger partial charge >= 0.3 is 11.4 Å². The van der Waals surface area contributed by atoms with Crippen LogP contribution >= 0.6 is 11.6 Å². The van der Waals surface area contributed by atoms with Crippen molar-refractivity contribution < 1.29 is 30.5 Å². The minimum absolute atomic E-state index is 0.0535. The van der Waals surface area contributed by atoms with Crippen molar-refractivity contribution in [1.82, 2.24) is 0 Å². The van der Waals surface area contributed by atoms with Crippen LogP contribution in [0.4, 0.5) is 11.4 Å². The zero-order valence-corrected chi connectivity index (χ0v) is 34.5. The van der Waals surface area contributed by atoms with E-state index in [1.807, 2.05) is 29.2 Å². The van der Waals surface area contributed by atoms with E-state index < -0.39 is 32.6 Å². The van der Waals surface area contributed by atoms with E-state index in [-0.39, 0.29) is 17.7 Å². The Labute approximate surface area is 331 Å². The van der Waals surface area contributed by atoms with Crippen molar-refractivity contribution in [3.8, 4) is 5.75 Å². The molecule has 0 spiro atoms. The van der Waals surface area contributed by atoms with Gasteiger partial charge in [-0.25, -0.2) is 0 Å². The second-order valence-electron chi connectivity index (χ2n) is 15.8. The third-order valence-electron chi connectivity index (χ3n) is 11.3. The molecule has 4 aromatic carbocycles. The molecule has 8 nitrogen and oxygen atoms in total. The number of allylic oxidation sites excluding steroid dienone is 8. The van der Waals surface area contributed by atoms with Crippen LogP contribution in [0.3, 0.4) is 0 Å². The van der Waals surface area contributed by atoms with Crippen LogP contribution in [0.2, 0.25) is 0 Å². The Bertz CT molecular complexity index is 2550. The van der Waals surface area contributed by atoms with Gasteiger partial charge in [-0.05, 0) is 109 Å². The van der Waals surface area contributed by atoms with Crippen LogP contribution < -0.4 is 9.08 Å². The second-order valence-corrected chi connectivity index (χ2v) is 18.4. The topological polar surface area (TPSA) is 107 Å². The minimum Gasteiger partial charge on any atom is -0.380 e. The molecule has 1 aliphatic carbocycles. The smallest absolute Gasteiger partial charge is 0.357 e. The van der Waals surface area contributed by atoms with Crippen molar-refractivity contribution in [3.05, 3.63) is 124 Å². The second kappa shape index (κ2) is 14.8. The van der Waals surface area contributed by atoms with E-state index in [2.05, 4.69) is 94.7 Å². The summed E-state index contributed by atoms with van der Waals surface area (Å²) in [5.74, 6) is -0.180. The number of fused-ring (bicyclic) bond motifs is 6. The van der Waals surface area contributed by atoms with Gasteiger partial charge in [-0.1, -0.05) is 80.4 Å². The van der Waals surface area contributed by atoms with E-state index in [9.17, 15) is 21.7 Å². The van der Waals surface area contributed by atoms with Gasteiger partial charge in [-0.15, -0.1) is 0 Å². The summed E-state index contributed by atoms with van der Waals surface area (Å²) in [7, 11) is -4.24. The maximum absolute atomic E-state index is 12.0. The van der Waals surface area contributed by atoms with Crippen molar-refractivity contribution in [2.75, 3.05) is 23.7 Å². The average Bonchev–Trinajstić information content (AvgIpc) is 3.47. The number of hydrogen-bond acceptors (Lipinski definition) is 5. The molecular formula is C44H48ClN2O6S2+. The molecule has 288 valence electrons. The van der Waals surface area contributed by atoms with E-state index in [0.29, 0.717) is 0 Å². The molecular weight excluding hydrogens is 752 g/mol. The molecule has 55 heavy (non-hydrogen) atoms. The normalized spacial score (nSPS) is 20.1. The number of hydrogen-bond donors (Lipinski definition) is 2. The largest absolute Gasteiger partial charge is 0.380 e. The molecule has 0 bridgehead atoms. The lowest BCUT2D eigenvalue weighted by molar-refractivity contribution is -0.437. The van der Waals surface area contributed by atoms with Crippen LogP contribution in [0.1, 0.15) is 77.0 Å². The molecule has 0 fully saturated rings. The van der Waals surface area contributed by atoms with Gasteiger partial charge in [0.25, 0.3) is 10.1 Å². The molecule has 1 atom stereocenters. The highest BCUT2D eigenvalue weighted by atomic mass is 35.5. The zero-order chi connectivity index (χ0) is 39.4. The van der Waals surface area contributed by atoms with Crippen molar-refractivity contribution in [3.63, 3.8) is 0 Å². The first-order chi connectivity index (χ1) is 26.0. The summed E-state index contributed by atoms with van der Waals surface area (Å²) in [5, 5.41) is 5.00. The first kappa shape index (κ1) is 39.2.